The van der Waals surface area contributed by atoms with E-state index in [1.165, 1.54) is 5.57 Å². The molecule has 0 amide bonds. The lowest BCUT2D eigenvalue weighted by Gasteiger charge is -2.15. The molecule has 1 fully saturated rings. The van der Waals surface area contributed by atoms with Crippen LogP contribution in [-0.2, 0) is 0 Å². The third-order valence-corrected chi connectivity index (χ3v) is 3.79. The second kappa shape index (κ2) is 7.97. The number of aromatic nitrogens is 1. The molecule has 1 aliphatic heterocycles. The first-order valence-corrected chi connectivity index (χ1v) is 8.50. The van der Waals surface area contributed by atoms with E-state index in [1.54, 1.807) is 6.20 Å². The maximum absolute atomic E-state index is 5.96. The summed E-state index contributed by atoms with van der Waals surface area (Å²) >= 11 is 0. The third kappa shape index (κ3) is 4.59. The maximum atomic E-state index is 5.96. The first kappa shape index (κ1) is 16.5. The molecule has 0 saturated carbocycles. The van der Waals surface area contributed by atoms with Crippen molar-refractivity contribution in [1.29, 1.82) is 0 Å². The van der Waals surface area contributed by atoms with Crippen LogP contribution in [0.3, 0.4) is 0 Å². The van der Waals surface area contributed by atoms with E-state index in [1.807, 2.05) is 44.2 Å². The number of pyridine rings is 1. The van der Waals surface area contributed by atoms with Crippen LogP contribution >= 0.6 is 0 Å². The Kier molecular flexibility index (Phi) is 5.49. The highest BCUT2D eigenvalue weighted by Crippen LogP contribution is 2.30. The van der Waals surface area contributed by atoms with Gasteiger partial charge in [-0.05, 0) is 69.6 Å². The van der Waals surface area contributed by atoms with E-state index in [0.717, 1.165) is 37.2 Å². The Bertz CT molecular complexity index is 702. The van der Waals surface area contributed by atoms with Crippen molar-refractivity contribution in [3.63, 3.8) is 0 Å². The van der Waals surface area contributed by atoms with Gasteiger partial charge in [-0.3, -0.25) is 0 Å². The van der Waals surface area contributed by atoms with E-state index >= 15 is 0 Å². The van der Waals surface area contributed by atoms with Crippen LogP contribution in [0.5, 0.6) is 17.4 Å². The van der Waals surface area contributed by atoms with E-state index in [4.69, 9.17) is 9.47 Å². The van der Waals surface area contributed by atoms with Crippen LogP contribution in [0.2, 0.25) is 0 Å². The molecule has 4 heteroatoms. The number of rotatable bonds is 5. The largest absolute Gasteiger partial charge is 0.485 e. The summed E-state index contributed by atoms with van der Waals surface area (Å²) in [6.45, 7) is 6.10. The van der Waals surface area contributed by atoms with Gasteiger partial charge in [-0.2, -0.15) is 0 Å². The molecule has 0 atom stereocenters. The molecule has 3 rings (SSSR count). The van der Waals surface area contributed by atoms with Crippen LogP contribution in [0.1, 0.15) is 32.3 Å². The molecular formula is C20H24N2O2. The van der Waals surface area contributed by atoms with Crippen molar-refractivity contribution in [3.8, 4) is 17.4 Å². The van der Waals surface area contributed by atoms with Crippen LogP contribution in [0, 0.1) is 0 Å². The fourth-order valence-corrected chi connectivity index (χ4v) is 2.70. The molecule has 0 aliphatic carbocycles. The zero-order chi connectivity index (χ0) is 16.8. The quantitative estimate of drug-likeness (QED) is 0.883. The molecule has 24 heavy (non-hydrogen) atoms. The number of nitrogens with one attached hydrogen (secondary N) is 1. The second-order valence-electron chi connectivity index (χ2n) is 6.20. The fraction of sp³-hybridized carbons (Fsp3) is 0.350. The normalized spacial score (nSPS) is 14.5. The Morgan fingerprint density at radius 1 is 1.12 bits per heavy atom. The van der Waals surface area contributed by atoms with Crippen molar-refractivity contribution in [1.82, 2.24) is 10.3 Å². The number of hydrogen-bond donors (Lipinski definition) is 1. The molecule has 4 nitrogen and oxygen atoms in total. The minimum absolute atomic E-state index is 0.0764. The van der Waals surface area contributed by atoms with E-state index in [2.05, 4.69) is 22.4 Å². The first-order valence-electron chi connectivity index (χ1n) is 8.50. The minimum atomic E-state index is 0.0764. The number of piperidine rings is 1. The van der Waals surface area contributed by atoms with Gasteiger partial charge in [0, 0.05) is 6.20 Å². The molecule has 1 aliphatic rings. The van der Waals surface area contributed by atoms with Gasteiger partial charge in [-0.25, -0.2) is 4.98 Å². The minimum Gasteiger partial charge on any atom is -0.485 e. The van der Waals surface area contributed by atoms with Crippen molar-refractivity contribution in [2.45, 2.75) is 32.8 Å². The van der Waals surface area contributed by atoms with E-state index in [-0.39, 0.29) is 6.10 Å². The van der Waals surface area contributed by atoms with Crippen LogP contribution in [-0.4, -0.2) is 24.2 Å². The molecule has 1 aromatic carbocycles. The molecule has 0 radical (unpaired) electrons. The highest BCUT2D eigenvalue weighted by molar-refractivity contribution is 5.55. The SMILES string of the molecule is CC(C)Oc1cccnc1Oc1cccc(C=C2CCNCC2)c1. The van der Waals surface area contributed by atoms with Crippen molar-refractivity contribution < 1.29 is 9.47 Å². The van der Waals surface area contributed by atoms with Crippen molar-refractivity contribution in [3.05, 3.63) is 53.7 Å². The molecule has 2 aromatic rings. The number of hydrogen-bond acceptors (Lipinski definition) is 4. The molecule has 0 bridgehead atoms. The van der Waals surface area contributed by atoms with Gasteiger partial charge < -0.3 is 14.8 Å². The Labute approximate surface area is 143 Å². The van der Waals surface area contributed by atoms with Gasteiger partial charge in [-0.15, -0.1) is 0 Å². The van der Waals surface area contributed by atoms with Gasteiger partial charge in [0.25, 0.3) is 5.88 Å². The van der Waals surface area contributed by atoms with Crippen LogP contribution in [0.25, 0.3) is 6.08 Å². The molecule has 0 spiro atoms. The smallest absolute Gasteiger partial charge is 0.262 e. The lowest BCUT2D eigenvalue weighted by molar-refractivity contribution is 0.231. The Morgan fingerprint density at radius 2 is 1.96 bits per heavy atom. The van der Waals surface area contributed by atoms with Gasteiger partial charge in [0.1, 0.15) is 5.75 Å². The van der Waals surface area contributed by atoms with E-state index in [9.17, 15) is 0 Å². The predicted molar refractivity (Wildman–Crippen MR) is 96.6 cm³/mol. The van der Waals surface area contributed by atoms with Crippen LogP contribution < -0.4 is 14.8 Å². The van der Waals surface area contributed by atoms with Gasteiger partial charge >= 0.3 is 0 Å². The average Bonchev–Trinajstić information content (AvgIpc) is 2.57. The predicted octanol–water partition coefficient (Wildman–Crippen LogP) is 4.43. The molecule has 0 unspecified atom stereocenters. The topological polar surface area (TPSA) is 43.4 Å². The Balaban J connectivity index is 1.78. The monoisotopic (exact) mass is 324 g/mol. The third-order valence-electron chi connectivity index (χ3n) is 3.79. The van der Waals surface area contributed by atoms with E-state index in [0.29, 0.717) is 11.6 Å². The number of benzene rings is 1. The lowest BCUT2D eigenvalue weighted by atomic mass is 10.0. The zero-order valence-corrected chi connectivity index (χ0v) is 14.3. The Morgan fingerprint density at radius 3 is 2.75 bits per heavy atom. The standard InChI is InChI=1S/C20H24N2O2/c1-15(2)23-19-7-4-10-22-20(19)24-18-6-3-5-17(14-18)13-16-8-11-21-12-9-16/h3-7,10,13-15,21H,8-9,11-12H2,1-2H3. The van der Waals surface area contributed by atoms with E-state index < -0.39 is 0 Å². The average molecular weight is 324 g/mol. The highest BCUT2D eigenvalue weighted by Gasteiger charge is 2.10. The van der Waals surface area contributed by atoms with Crippen molar-refractivity contribution in [2.24, 2.45) is 0 Å². The molecule has 2 heterocycles. The summed E-state index contributed by atoms with van der Waals surface area (Å²) in [6, 6.07) is 11.8. The zero-order valence-electron chi connectivity index (χ0n) is 14.3. The second-order valence-corrected chi connectivity index (χ2v) is 6.20. The highest BCUT2D eigenvalue weighted by atomic mass is 16.5. The number of ether oxygens (including phenoxy) is 2. The van der Waals surface area contributed by atoms with Gasteiger partial charge in [0.15, 0.2) is 5.75 Å². The molecular weight excluding hydrogens is 300 g/mol. The summed E-state index contributed by atoms with van der Waals surface area (Å²) in [6.07, 6.45) is 6.27. The van der Waals surface area contributed by atoms with Crippen LogP contribution in [0.4, 0.5) is 0 Å². The molecule has 126 valence electrons. The van der Waals surface area contributed by atoms with Gasteiger partial charge in [0.05, 0.1) is 6.10 Å². The summed E-state index contributed by atoms with van der Waals surface area (Å²) in [5.74, 6) is 1.93. The van der Waals surface area contributed by atoms with Crippen molar-refractivity contribution in [2.75, 3.05) is 13.1 Å². The summed E-state index contributed by atoms with van der Waals surface area (Å²) in [5.41, 5.74) is 2.64. The summed E-state index contributed by atoms with van der Waals surface area (Å²) in [5, 5.41) is 3.38. The fourth-order valence-electron chi connectivity index (χ4n) is 2.70. The van der Waals surface area contributed by atoms with Gasteiger partial charge in [0.2, 0.25) is 0 Å². The van der Waals surface area contributed by atoms with Gasteiger partial charge in [-0.1, -0.05) is 23.8 Å². The molecule has 1 aromatic heterocycles. The lowest BCUT2D eigenvalue weighted by Crippen LogP contribution is -2.22. The first-order chi connectivity index (χ1) is 11.7. The molecule has 1 N–H and O–H groups in total. The number of nitrogens with zero attached hydrogens (tertiary/aromatic N) is 1. The maximum Gasteiger partial charge on any atom is 0.262 e. The van der Waals surface area contributed by atoms with Crippen molar-refractivity contribution >= 4 is 6.08 Å². The van der Waals surface area contributed by atoms with Crippen LogP contribution in [0.15, 0.2) is 48.2 Å². The Hall–Kier alpha value is -2.33. The molecule has 1 saturated heterocycles. The summed E-state index contributed by atoms with van der Waals surface area (Å²) < 4.78 is 11.7. The summed E-state index contributed by atoms with van der Waals surface area (Å²) in [4.78, 5) is 4.30. The summed E-state index contributed by atoms with van der Waals surface area (Å²) in [7, 11) is 0.